The number of hydrogen-bond donors (Lipinski definition) is 0. The minimum absolute atomic E-state index is 0.341. The Morgan fingerprint density at radius 3 is 2.81 bits per heavy atom. The lowest BCUT2D eigenvalue weighted by Gasteiger charge is -2.10. The van der Waals surface area contributed by atoms with E-state index in [2.05, 4.69) is 11.1 Å². The molecule has 0 bridgehead atoms. The lowest BCUT2D eigenvalue weighted by Crippen LogP contribution is -2.02. The van der Waals surface area contributed by atoms with Crippen molar-refractivity contribution in [3.63, 3.8) is 0 Å². The quantitative estimate of drug-likeness (QED) is 0.661. The molecule has 0 fully saturated rings. The number of hydrogen-bond acceptors (Lipinski definition) is 2. The minimum atomic E-state index is -0.341. The van der Waals surface area contributed by atoms with Crippen molar-refractivity contribution in [3.8, 4) is 11.8 Å². The van der Waals surface area contributed by atoms with Gasteiger partial charge in [-0.1, -0.05) is 6.07 Å². The number of rotatable bonds is 2. The highest BCUT2D eigenvalue weighted by Crippen LogP contribution is 2.28. The van der Waals surface area contributed by atoms with Crippen LogP contribution in [-0.2, 0) is 0 Å². The fraction of sp³-hybridized carbons (Fsp3) is 0.125. The summed E-state index contributed by atoms with van der Waals surface area (Å²) in [6.45, 7) is 1.81. The standard InChI is InChI=1S/C16H11ClFN3/c1-10(17)16-20-14-8-12(18)5-6-15(14)21(16)13-4-2-3-11(7-13)9-19/h2-8,10H,1H3. The van der Waals surface area contributed by atoms with E-state index in [4.69, 9.17) is 16.9 Å². The molecule has 1 heterocycles. The Hall–Kier alpha value is -2.38. The second-order valence-corrected chi connectivity index (χ2v) is 5.37. The van der Waals surface area contributed by atoms with Crippen LogP contribution in [0.5, 0.6) is 0 Å². The summed E-state index contributed by atoms with van der Waals surface area (Å²) in [5.41, 5.74) is 2.63. The number of benzene rings is 2. The third-order valence-corrected chi connectivity index (χ3v) is 3.43. The van der Waals surface area contributed by atoms with Crippen LogP contribution in [-0.4, -0.2) is 9.55 Å². The molecule has 21 heavy (non-hydrogen) atoms. The van der Waals surface area contributed by atoms with Crippen molar-refractivity contribution >= 4 is 22.6 Å². The molecule has 0 aliphatic carbocycles. The SMILES string of the molecule is CC(Cl)c1nc2cc(F)ccc2n1-c1cccc(C#N)c1. The molecule has 0 amide bonds. The van der Waals surface area contributed by atoms with Gasteiger partial charge in [-0.25, -0.2) is 9.37 Å². The summed E-state index contributed by atoms with van der Waals surface area (Å²) in [5.74, 6) is 0.277. The molecule has 1 atom stereocenters. The van der Waals surface area contributed by atoms with Crippen LogP contribution in [0.2, 0.25) is 0 Å². The van der Waals surface area contributed by atoms with Gasteiger partial charge >= 0.3 is 0 Å². The van der Waals surface area contributed by atoms with Gasteiger partial charge < -0.3 is 0 Å². The van der Waals surface area contributed by atoms with Gasteiger partial charge in [0, 0.05) is 11.8 Å². The largest absolute Gasteiger partial charge is 0.295 e. The highest BCUT2D eigenvalue weighted by Gasteiger charge is 2.17. The molecule has 3 aromatic rings. The zero-order valence-electron chi connectivity index (χ0n) is 11.2. The maximum atomic E-state index is 13.4. The molecule has 2 aromatic carbocycles. The normalized spacial score (nSPS) is 12.3. The van der Waals surface area contributed by atoms with E-state index in [-0.39, 0.29) is 11.2 Å². The first-order chi connectivity index (χ1) is 10.1. The zero-order valence-corrected chi connectivity index (χ0v) is 12.0. The van der Waals surface area contributed by atoms with E-state index in [1.807, 2.05) is 17.6 Å². The molecule has 104 valence electrons. The summed E-state index contributed by atoms with van der Waals surface area (Å²) in [6.07, 6.45) is 0. The van der Waals surface area contributed by atoms with E-state index in [1.165, 1.54) is 12.1 Å². The van der Waals surface area contributed by atoms with Gasteiger partial charge in [0.1, 0.15) is 11.6 Å². The Morgan fingerprint density at radius 2 is 2.10 bits per heavy atom. The fourth-order valence-corrected chi connectivity index (χ4v) is 2.47. The Balaban J connectivity index is 2.34. The van der Waals surface area contributed by atoms with Gasteiger partial charge in [-0.15, -0.1) is 11.6 Å². The number of nitrogens with zero attached hydrogens (tertiary/aromatic N) is 3. The van der Waals surface area contributed by atoms with Crippen LogP contribution in [0.1, 0.15) is 23.7 Å². The first-order valence-corrected chi connectivity index (χ1v) is 6.86. The van der Waals surface area contributed by atoms with Crippen LogP contribution < -0.4 is 0 Å². The molecule has 0 saturated heterocycles. The summed E-state index contributed by atoms with van der Waals surface area (Å²) >= 11 is 6.20. The van der Waals surface area contributed by atoms with Crippen LogP contribution in [0, 0.1) is 17.1 Å². The molecule has 0 N–H and O–H groups in total. The summed E-state index contributed by atoms with van der Waals surface area (Å²) in [4.78, 5) is 4.41. The van der Waals surface area contributed by atoms with Crippen molar-refractivity contribution in [3.05, 3.63) is 59.7 Å². The third-order valence-electron chi connectivity index (χ3n) is 3.23. The summed E-state index contributed by atoms with van der Waals surface area (Å²) in [6, 6.07) is 13.7. The van der Waals surface area contributed by atoms with Gasteiger partial charge in [-0.3, -0.25) is 4.57 Å². The van der Waals surface area contributed by atoms with Crippen molar-refractivity contribution in [2.45, 2.75) is 12.3 Å². The second-order valence-electron chi connectivity index (χ2n) is 4.72. The number of imidazole rings is 1. The average Bonchev–Trinajstić information content (AvgIpc) is 2.86. The number of aromatic nitrogens is 2. The van der Waals surface area contributed by atoms with Crippen LogP contribution in [0.15, 0.2) is 42.5 Å². The van der Waals surface area contributed by atoms with Gasteiger partial charge in [0.05, 0.1) is 28.0 Å². The number of halogens is 2. The first-order valence-electron chi connectivity index (χ1n) is 6.42. The van der Waals surface area contributed by atoms with Gasteiger partial charge in [-0.05, 0) is 37.3 Å². The number of fused-ring (bicyclic) bond motifs is 1. The lowest BCUT2D eigenvalue weighted by atomic mass is 10.2. The van der Waals surface area contributed by atoms with Crippen LogP contribution in [0.3, 0.4) is 0 Å². The van der Waals surface area contributed by atoms with Gasteiger partial charge in [0.2, 0.25) is 0 Å². The van der Waals surface area contributed by atoms with Crippen molar-refractivity contribution in [2.75, 3.05) is 0 Å². The molecule has 1 aromatic heterocycles. The summed E-state index contributed by atoms with van der Waals surface area (Å²) in [7, 11) is 0. The van der Waals surface area contributed by atoms with Crippen LogP contribution in [0.25, 0.3) is 16.7 Å². The topological polar surface area (TPSA) is 41.6 Å². The van der Waals surface area contributed by atoms with E-state index in [0.29, 0.717) is 16.9 Å². The molecule has 0 radical (unpaired) electrons. The molecule has 5 heteroatoms. The van der Waals surface area contributed by atoms with Gasteiger partial charge in [0.15, 0.2) is 0 Å². The van der Waals surface area contributed by atoms with Crippen molar-refractivity contribution in [1.29, 1.82) is 5.26 Å². The van der Waals surface area contributed by atoms with Crippen LogP contribution in [0.4, 0.5) is 4.39 Å². The van der Waals surface area contributed by atoms with Crippen molar-refractivity contribution in [1.82, 2.24) is 9.55 Å². The molecule has 3 nitrogen and oxygen atoms in total. The Labute approximate surface area is 126 Å². The minimum Gasteiger partial charge on any atom is -0.295 e. The Morgan fingerprint density at radius 1 is 1.29 bits per heavy atom. The van der Waals surface area contributed by atoms with E-state index in [9.17, 15) is 4.39 Å². The van der Waals surface area contributed by atoms with E-state index >= 15 is 0 Å². The zero-order chi connectivity index (χ0) is 15.0. The van der Waals surface area contributed by atoms with E-state index in [0.717, 1.165) is 11.2 Å². The van der Waals surface area contributed by atoms with Crippen molar-refractivity contribution in [2.24, 2.45) is 0 Å². The van der Waals surface area contributed by atoms with E-state index < -0.39 is 0 Å². The predicted octanol–water partition coefficient (Wildman–Crippen LogP) is 4.34. The molecular weight excluding hydrogens is 289 g/mol. The molecule has 1 unspecified atom stereocenters. The average molecular weight is 300 g/mol. The summed E-state index contributed by atoms with van der Waals surface area (Å²) in [5, 5.41) is 8.70. The second kappa shape index (κ2) is 5.19. The molecule has 0 saturated carbocycles. The molecular formula is C16H11ClFN3. The molecule has 3 rings (SSSR count). The highest BCUT2D eigenvalue weighted by molar-refractivity contribution is 6.20. The maximum absolute atomic E-state index is 13.4. The fourth-order valence-electron chi connectivity index (χ4n) is 2.32. The molecule has 0 spiro atoms. The Kier molecular flexibility index (Phi) is 3.36. The number of alkyl halides is 1. The van der Waals surface area contributed by atoms with E-state index in [1.54, 1.807) is 24.3 Å². The van der Waals surface area contributed by atoms with Gasteiger partial charge in [0.25, 0.3) is 0 Å². The molecule has 0 aliphatic heterocycles. The first kappa shape index (κ1) is 13.6. The van der Waals surface area contributed by atoms with Crippen molar-refractivity contribution < 1.29 is 4.39 Å². The highest BCUT2D eigenvalue weighted by atomic mass is 35.5. The summed E-state index contributed by atoms with van der Waals surface area (Å²) < 4.78 is 15.2. The van der Waals surface area contributed by atoms with Gasteiger partial charge in [-0.2, -0.15) is 5.26 Å². The number of nitriles is 1. The maximum Gasteiger partial charge on any atom is 0.132 e. The van der Waals surface area contributed by atoms with Crippen LogP contribution >= 0.6 is 11.6 Å². The lowest BCUT2D eigenvalue weighted by molar-refractivity contribution is 0.629. The monoisotopic (exact) mass is 299 g/mol. The Bertz CT molecular complexity index is 862. The third kappa shape index (κ3) is 2.37. The predicted molar refractivity (Wildman–Crippen MR) is 80.0 cm³/mol. The smallest absolute Gasteiger partial charge is 0.132 e. The molecule has 0 aliphatic rings.